The highest BCUT2D eigenvalue weighted by molar-refractivity contribution is 6.30. The fraction of sp³-hybridized carbons (Fsp3) is 0. The normalized spacial score (nSPS) is 11.0. The second-order valence-electron chi connectivity index (χ2n) is 5.12. The standard InChI is InChI=1S/C19H13ClN2/c20-15-12-10-14(11-13-15)19-17-8-4-5-9-18(17)21-22(19)16-6-2-1-3-7-16/h1-13H. The van der Waals surface area contributed by atoms with Crippen molar-refractivity contribution in [3.8, 4) is 16.9 Å². The van der Waals surface area contributed by atoms with Crippen LogP contribution in [0.5, 0.6) is 0 Å². The van der Waals surface area contributed by atoms with E-state index in [-0.39, 0.29) is 0 Å². The molecule has 0 saturated heterocycles. The van der Waals surface area contributed by atoms with E-state index in [1.54, 1.807) is 0 Å². The van der Waals surface area contributed by atoms with Gasteiger partial charge in [0.15, 0.2) is 0 Å². The van der Waals surface area contributed by atoms with E-state index in [2.05, 4.69) is 18.2 Å². The largest absolute Gasteiger partial charge is 0.232 e. The van der Waals surface area contributed by atoms with Gasteiger partial charge in [0.2, 0.25) is 0 Å². The number of benzene rings is 3. The zero-order valence-electron chi connectivity index (χ0n) is 11.8. The van der Waals surface area contributed by atoms with Gasteiger partial charge < -0.3 is 0 Å². The van der Waals surface area contributed by atoms with Crippen molar-refractivity contribution in [1.29, 1.82) is 0 Å². The van der Waals surface area contributed by atoms with Crippen LogP contribution in [0, 0.1) is 0 Å². The van der Waals surface area contributed by atoms with Crippen LogP contribution in [0.3, 0.4) is 0 Å². The highest BCUT2D eigenvalue weighted by atomic mass is 35.5. The second-order valence-corrected chi connectivity index (χ2v) is 5.56. The molecule has 1 aromatic heterocycles. The first kappa shape index (κ1) is 13.1. The molecule has 0 N–H and O–H groups in total. The first-order chi connectivity index (χ1) is 10.8. The van der Waals surface area contributed by atoms with Gasteiger partial charge in [-0.15, -0.1) is 0 Å². The smallest absolute Gasteiger partial charge is 0.0934 e. The lowest BCUT2D eigenvalue weighted by Gasteiger charge is -2.08. The van der Waals surface area contributed by atoms with Gasteiger partial charge in [-0.2, -0.15) is 5.10 Å². The molecule has 0 aliphatic carbocycles. The maximum absolute atomic E-state index is 6.03. The van der Waals surface area contributed by atoms with Gasteiger partial charge in [-0.25, -0.2) is 4.68 Å². The van der Waals surface area contributed by atoms with Crippen molar-refractivity contribution in [1.82, 2.24) is 9.78 Å². The summed E-state index contributed by atoms with van der Waals surface area (Å²) in [5.74, 6) is 0. The number of hydrogen-bond donors (Lipinski definition) is 0. The molecule has 106 valence electrons. The number of aromatic nitrogens is 2. The zero-order valence-corrected chi connectivity index (χ0v) is 12.5. The predicted octanol–water partition coefficient (Wildman–Crippen LogP) is 5.35. The molecule has 0 aliphatic rings. The van der Waals surface area contributed by atoms with Crippen molar-refractivity contribution >= 4 is 22.5 Å². The predicted molar refractivity (Wildman–Crippen MR) is 91.5 cm³/mol. The molecule has 0 saturated carbocycles. The lowest BCUT2D eigenvalue weighted by Crippen LogP contribution is -1.98. The lowest BCUT2D eigenvalue weighted by molar-refractivity contribution is 0.904. The van der Waals surface area contributed by atoms with Crippen molar-refractivity contribution in [2.24, 2.45) is 0 Å². The van der Waals surface area contributed by atoms with E-state index < -0.39 is 0 Å². The number of para-hydroxylation sites is 1. The third-order valence-corrected chi connectivity index (χ3v) is 3.95. The third kappa shape index (κ3) is 2.18. The van der Waals surface area contributed by atoms with Crippen LogP contribution in [0.1, 0.15) is 0 Å². The summed E-state index contributed by atoms with van der Waals surface area (Å²) in [6.07, 6.45) is 0. The number of nitrogens with zero attached hydrogens (tertiary/aromatic N) is 2. The Hall–Kier alpha value is -2.58. The Balaban J connectivity index is 2.04. The topological polar surface area (TPSA) is 17.8 Å². The molecule has 0 unspecified atom stereocenters. The Bertz CT molecular complexity index is 925. The second kappa shape index (κ2) is 5.32. The van der Waals surface area contributed by atoms with Crippen molar-refractivity contribution in [2.45, 2.75) is 0 Å². The highest BCUT2D eigenvalue weighted by Crippen LogP contribution is 2.31. The van der Waals surface area contributed by atoms with Gasteiger partial charge in [-0.1, -0.05) is 60.1 Å². The van der Waals surface area contributed by atoms with Crippen molar-refractivity contribution in [3.63, 3.8) is 0 Å². The van der Waals surface area contributed by atoms with Crippen LogP contribution in [-0.2, 0) is 0 Å². The number of hydrogen-bond acceptors (Lipinski definition) is 1. The molecule has 0 amide bonds. The van der Waals surface area contributed by atoms with Crippen molar-refractivity contribution in [2.75, 3.05) is 0 Å². The van der Waals surface area contributed by atoms with E-state index in [4.69, 9.17) is 16.7 Å². The molecule has 4 aromatic rings. The molecule has 0 atom stereocenters. The molecule has 1 heterocycles. The van der Waals surface area contributed by atoms with E-state index in [1.165, 1.54) is 0 Å². The van der Waals surface area contributed by atoms with Gasteiger partial charge in [0, 0.05) is 16.0 Å². The summed E-state index contributed by atoms with van der Waals surface area (Å²) < 4.78 is 1.99. The summed E-state index contributed by atoms with van der Waals surface area (Å²) in [5, 5.41) is 6.63. The minimum Gasteiger partial charge on any atom is -0.232 e. The van der Waals surface area contributed by atoms with E-state index in [0.29, 0.717) is 0 Å². The molecule has 22 heavy (non-hydrogen) atoms. The van der Waals surface area contributed by atoms with Gasteiger partial charge in [0.05, 0.1) is 16.9 Å². The Morgan fingerprint density at radius 2 is 1.41 bits per heavy atom. The average Bonchev–Trinajstić information content (AvgIpc) is 2.96. The van der Waals surface area contributed by atoms with E-state index in [1.807, 2.05) is 65.3 Å². The SMILES string of the molecule is Clc1ccc(-c2c3ccccc3nn2-c2ccccc2)cc1. The molecular weight excluding hydrogens is 292 g/mol. The molecular formula is C19H13ClN2. The molecule has 4 rings (SSSR count). The molecule has 3 aromatic carbocycles. The van der Waals surface area contributed by atoms with Gasteiger partial charge in [0.25, 0.3) is 0 Å². The Morgan fingerprint density at radius 3 is 2.18 bits per heavy atom. The van der Waals surface area contributed by atoms with E-state index in [9.17, 15) is 0 Å². The highest BCUT2D eigenvalue weighted by Gasteiger charge is 2.14. The van der Waals surface area contributed by atoms with Crippen LogP contribution in [0.15, 0.2) is 78.9 Å². The van der Waals surface area contributed by atoms with Gasteiger partial charge in [-0.3, -0.25) is 0 Å². The first-order valence-corrected chi connectivity index (χ1v) is 7.50. The van der Waals surface area contributed by atoms with E-state index >= 15 is 0 Å². The summed E-state index contributed by atoms with van der Waals surface area (Å²) in [4.78, 5) is 0. The van der Waals surface area contributed by atoms with Crippen LogP contribution < -0.4 is 0 Å². The number of halogens is 1. The fourth-order valence-corrected chi connectivity index (χ4v) is 2.80. The van der Waals surface area contributed by atoms with Crippen LogP contribution in [-0.4, -0.2) is 9.78 Å². The summed E-state index contributed by atoms with van der Waals surface area (Å²) in [5.41, 5.74) is 4.21. The molecule has 0 spiro atoms. The Labute approximate surface area is 133 Å². The maximum atomic E-state index is 6.03. The summed E-state index contributed by atoms with van der Waals surface area (Å²) in [6.45, 7) is 0. The van der Waals surface area contributed by atoms with Gasteiger partial charge >= 0.3 is 0 Å². The summed E-state index contributed by atoms with van der Waals surface area (Å²) in [6, 6.07) is 26.2. The van der Waals surface area contributed by atoms with E-state index in [0.717, 1.165) is 32.9 Å². The van der Waals surface area contributed by atoms with Crippen molar-refractivity contribution in [3.05, 3.63) is 83.9 Å². The third-order valence-electron chi connectivity index (χ3n) is 3.70. The van der Waals surface area contributed by atoms with Crippen LogP contribution >= 0.6 is 11.6 Å². The average molecular weight is 305 g/mol. The minimum atomic E-state index is 0.735. The molecule has 0 fully saturated rings. The quantitative estimate of drug-likeness (QED) is 0.488. The number of fused-ring (bicyclic) bond motifs is 1. The first-order valence-electron chi connectivity index (χ1n) is 7.12. The molecule has 0 aliphatic heterocycles. The van der Waals surface area contributed by atoms with Crippen molar-refractivity contribution < 1.29 is 0 Å². The molecule has 0 radical (unpaired) electrons. The van der Waals surface area contributed by atoms with Crippen LogP contribution in [0.25, 0.3) is 27.8 Å². The fourth-order valence-electron chi connectivity index (χ4n) is 2.67. The summed E-state index contributed by atoms with van der Waals surface area (Å²) in [7, 11) is 0. The monoisotopic (exact) mass is 304 g/mol. The Morgan fingerprint density at radius 1 is 0.727 bits per heavy atom. The van der Waals surface area contributed by atoms with Crippen LogP contribution in [0.2, 0.25) is 5.02 Å². The number of rotatable bonds is 2. The molecule has 3 heteroatoms. The molecule has 2 nitrogen and oxygen atoms in total. The minimum absolute atomic E-state index is 0.735. The van der Waals surface area contributed by atoms with Gasteiger partial charge in [0.1, 0.15) is 0 Å². The van der Waals surface area contributed by atoms with Gasteiger partial charge in [-0.05, 0) is 30.3 Å². The summed E-state index contributed by atoms with van der Waals surface area (Å²) >= 11 is 6.03. The Kier molecular flexibility index (Phi) is 3.17. The lowest BCUT2D eigenvalue weighted by atomic mass is 10.1. The maximum Gasteiger partial charge on any atom is 0.0934 e. The molecule has 0 bridgehead atoms. The van der Waals surface area contributed by atoms with Crippen LogP contribution in [0.4, 0.5) is 0 Å². The zero-order chi connectivity index (χ0) is 14.9.